The average Bonchev–Trinajstić information content (AvgIpc) is 2.18. The first-order chi connectivity index (χ1) is 7.44. The summed E-state index contributed by atoms with van der Waals surface area (Å²) in [6.07, 6.45) is 4.10. The molecule has 92 valence electrons. The van der Waals surface area contributed by atoms with Crippen molar-refractivity contribution < 1.29 is 68.2 Å². The van der Waals surface area contributed by atoms with Crippen LogP contribution in [0.25, 0.3) is 0 Å². The van der Waals surface area contributed by atoms with E-state index in [4.69, 9.17) is 0 Å². The fourth-order valence-corrected chi connectivity index (χ4v) is 2.92. The van der Waals surface area contributed by atoms with Crippen LogP contribution in [0.5, 0.6) is 0 Å². The van der Waals surface area contributed by atoms with Gasteiger partial charge in [0, 0.05) is 0 Å². The second-order valence-corrected chi connectivity index (χ2v) is 4.93. The smallest absolute Gasteiger partial charge is 0.549 e. The van der Waals surface area contributed by atoms with Gasteiger partial charge in [-0.2, -0.15) is 0 Å². The topological polar surface area (TPSA) is 80.3 Å². The molecule has 18 heavy (non-hydrogen) atoms. The molecule has 0 N–H and O–H groups in total. The van der Waals surface area contributed by atoms with Gasteiger partial charge < -0.3 is 19.8 Å². The Morgan fingerprint density at radius 2 is 1.44 bits per heavy atom. The molecule has 0 aromatic rings. The maximum absolute atomic E-state index is 11.3. The summed E-state index contributed by atoms with van der Waals surface area (Å²) in [6, 6.07) is 0. The van der Waals surface area contributed by atoms with Crippen LogP contribution in [0.2, 0.25) is 0 Å². The molecular weight excluding hydrogens is 238 g/mol. The van der Waals surface area contributed by atoms with Gasteiger partial charge in [0.25, 0.3) is 0 Å². The van der Waals surface area contributed by atoms with E-state index in [0.717, 1.165) is 19.3 Å². The molecule has 0 aromatic carbocycles. The van der Waals surface area contributed by atoms with Gasteiger partial charge in [-0.05, 0) is 24.7 Å². The quantitative estimate of drug-likeness (QED) is 0.370. The van der Waals surface area contributed by atoms with Crippen LogP contribution in [-0.4, -0.2) is 11.9 Å². The number of rotatable bonds is 4. The van der Waals surface area contributed by atoms with Gasteiger partial charge in [0.15, 0.2) is 0 Å². The number of aliphatic carboxylic acids is 2. The van der Waals surface area contributed by atoms with Crippen LogP contribution in [0.4, 0.5) is 0 Å². The molecule has 0 atom stereocenters. The Labute approximate surface area is 142 Å². The van der Waals surface area contributed by atoms with Gasteiger partial charge in [-0.15, -0.1) is 0 Å². The Hall–Kier alpha value is 0.537. The van der Waals surface area contributed by atoms with Crippen molar-refractivity contribution in [2.45, 2.75) is 46.0 Å². The molecule has 1 rings (SSSR count). The summed E-state index contributed by atoms with van der Waals surface area (Å²) in [7, 11) is 0. The van der Waals surface area contributed by atoms with Crippen LogP contribution in [0.1, 0.15) is 46.0 Å². The van der Waals surface area contributed by atoms with E-state index < -0.39 is 23.3 Å². The molecule has 1 saturated carbocycles. The molecule has 0 bridgehead atoms. The van der Waals surface area contributed by atoms with Crippen LogP contribution in [0, 0.1) is 17.3 Å². The first-order valence-electron chi connectivity index (χ1n) is 5.87. The van der Waals surface area contributed by atoms with Gasteiger partial charge in [-0.25, -0.2) is 0 Å². The minimum absolute atomic E-state index is 0. The van der Waals surface area contributed by atoms with Crippen LogP contribution < -0.4 is 58.6 Å². The zero-order valence-electron chi connectivity index (χ0n) is 11.8. The molecule has 4 nitrogen and oxygen atoms in total. The van der Waals surface area contributed by atoms with Crippen molar-refractivity contribution >= 4 is 11.9 Å². The van der Waals surface area contributed by atoms with E-state index in [9.17, 15) is 19.8 Å². The second kappa shape index (κ2) is 8.66. The van der Waals surface area contributed by atoms with Crippen molar-refractivity contribution in [1.29, 1.82) is 0 Å². The molecule has 0 saturated heterocycles. The molecule has 0 radical (unpaired) electrons. The van der Waals surface area contributed by atoms with Gasteiger partial charge in [-0.3, -0.25) is 0 Å². The summed E-state index contributed by atoms with van der Waals surface area (Å²) in [4.78, 5) is 22.5. The van der Waals surface area contributed by atoms with Gasteiger partial charge in [0.2, 0.25) is 0 Å². The maximum Gasteiger partial charge on any atom is 1.00 e. The van der Waals surface area contributed by atoms with Crippen molar-refractivity contribution in [2.24, 2.45) is 17.3 Å². The largest absolute Gasteiger partial charge is 1.00 e. The van der Waals surface area contributed by atoms with Crippen molar-refractivity contribution in [3.8, 4) is 0 Å². The van der Waals surface area contributed by atoms with Crippen molar-refractivity contribution in [3.05, 3.63) is 0 Å². The molecular formula is C12H18LiNaO4. The standard InChI is InChI=1S/C12H20O4.Li.Na/c1-8(2)12(10(13)14,11(15)16)9-6-4-3-5-7-9;;/h8-9H,3-7H2,1-2H3,(H,13,14)(H,15,16);;/q;2*+1/p-2. The zero-order chi connectivity index (χ0) is 12.3. The van der Waals surface area contributed by atoms with Crippen molar-refractivity contribution in [2.75, 3.05) is 0 Å². The first kappa shape index (κ1) is 20.8. The SMILES string of the molecule is CC(C)C(C(=O)[O-])(C(=O)[O-])C1CCCCC1.[Li+].[Na+]. The fraction of sp³-hybridized carbons (Fsp3) is 0.833. The van der Waals surface area contributed by atoms with Crippen LogP contribution in [0.15, 0.2) is 0 Å². The average molecular weight is 256 g/mol. The molecule has 0 unspecified atom stereocenters. The number of carbonyl (C=O) groups excluding carboxylic acids is 2. The normalized spacial score (nSPS) is 16.6. The number of carboxylic acids is 2. The fourth-order valence-electron chi connectivity index (χ4n) is 2.92. The summed E-state index contributed by atoms with van der Waals surface area (Å²) in [5.41, 5.74) is -1.82. The first-order valence-corrected chi connectivity index (χ1v) is 5.87. The minimum atomic E-state index is -1.82. The zero-order valence-corrected chi connectivity index (χ0v) is 13.8. The van der Waals surface area contributed by atoms with Crippen molar-refractivity contribution in [3.63, 3.8) is 0 Å². The third-order valence-corrected chi connectivity index (χ3v) is 3.84. The Morgan fingerprint density at radius 1 is 1.06 bits per heavy atom. The summed E-state index contributed by atoms with van der Waals surface area (Å²) >= 11 is 0. The van der Waals surface area contributed by atoms with E-state index in [0.29, 0.717) is 12.8 Å². The van der Waals surface area contributed by atoms with Crippen LogP contribution in [-0.2, 0) is 9.59 Å². The summed E-state index contributed by atoms with van der Waals surface area (Å²) < 4.78 is 0. The van der Waals surface area contributed by atoms with Gasteiger partial charge in [-0.1, -0.05) is 33.1 Å². The molecule has 0 amide bonds. The van der Waals surface area contributed by atoms with Gasteiger partial charge >= 0.3 is 48.4 Å². The molecule has 1 aliphatic rings. The van der Waals surface area contributed by atoms with E-state index >= 15 is 0 Å². The Bertz CT molecular complexity index is 274. The minimum Gasteiger partial charge on any atom is -0.549 e. The van der Waals surface area contributed by atoms with Crippen LogP contribution in [0.3, 0.4) is 0 Å². The number of carbonyl (C=O) groups is 2. The number of hydrogen-bond acceptors (Lipinski definition) is 4. The monoisotopic (exact) mass is 256 g/mol. The molecule has 0 aliphatic heterocycles. The number of carboxylic acid groups (broad SMARTS) is 2. The van der Waals surface area contributed by atoms with Gasteiger partial charge in [0.1, 0.15) is 0 Å². The maximum atomic E-state index is 11.3. The van der Waals surface area contributed by atoms with E-state index in [-0.39, 0.29) is 54.3 Å². The summed E-state index contributed by atoms with van der Waals surface area (Å²) in [6.45, 7) is 3.22. The molecule has 1 fully saturated rings. The van der Waals surface area contributed by atoms with E-state index in [2.05, 4.69) is 0 Å². The summed E-state index contributed by atoms with van der Waals surface area (Å²) in [5.74, 6) is -3.84. The molecule has 0 heterocycles. The predicted octanol–water partition coefficient (Wildman–Crippen LogP) is -6.28. The van der Waals surface area contributed by atoms with Gasteiger partial charge in [0.05, 0.1) is 17.4 Å². The third-order valence-electron chi connectivity index (χ3n) is 3.84. The van der Waals surface area contributed by atoms with Crippen molar-refractivity contribution in [1.82, 2.24) is 0 Å². The van der Waals surface area contributed by atoms with E-state index in [1.807, 2.05) is 0 Å². The Balaban J connectivity index is 0. The van der Waals surface area contributed by atoms with E-state index in [1.165, 1.54) is 0 Å². The molecule has 1 aliphatic carbocycles. The Kier molecular flexibility index (Phi) is 10.0. The second-order valence-electron chi connectivity index (χ2n) is 4.93. The predicted molar refractivity (Wildman–Crippen MR) is 53.9 cm³/mol. The Morgan fingerprint density at radius 3 is 1.72 bits per heavy atom. The van der Waals surface area contributed by atoms with Crippen LogP contribution >= 0.6 is 0 Å². The molecule has 0 aromatic heterocycles. The third kappa shape index (κ3) is 3.77. The number of hydrogen-bond donors (Lipinski definition) is 0. The molecule has 6 heteroatoms. The van der Waals surface area contributed by atoms with E-state index in [1.54, 1.807) is 13.8 Å². The molecule has 0 spiro atoms. The summed E-state index contributed by atoms with van der Waals surface area (Å²) in [5, 5.41) is 22.5.